The first-order valence-electron chi connectivity index (χ1n) is 9.16. The maximum Gasteiger partial charge on any atom is 0.137 e. The minimum absolute atomic E-state index is 0.0152. The number of aromatic nitrogens is 4. The monoisotopic (exact) mass is 436 g/mol. The number of benzene rings is 1. The van der Waals surface area contributed by atoms with Crippen LogP contribution in [0.15, 0.2) is 55.4 Å². The topological polar surface area (TPSA) is 63.8 Å². The highest BCUT2D eigenvalue weighted by molar-refractivity contribution is 8.76. The number of aryl methyl sites for hydroxylation is 1. The largest absolute Gasteiger partial charge is 0.382 e. The number of aliphatic hydroxyl groups is 1. The van der Waals surface area contributed by atoms with Crippen LogP contribution in [0.5, 0.6) is 0 Å². The Bertz CT molecular complexity index is 899. The summed E-state index contributed by atoms with van der Waals surface area (Å²) in [5.41, 5.74) is -0.296. The molecule has 1 N–H and O–H groups in total. The number of rotatable bonds is 10. The van der Waals surface area contributed by atoms with Gasteiger partial charge in [0.1, 0.15) is 29.9 Å². The van der Waals surface area contributed by atoms with Crippen LogP contribution in [-0.2, 0) is 18.6 Å². The summed E-state index contributed by atoms with van der Waals surface area (Å²) in [7, 11) is 3.10. The molecule has 0 radical (unpaired) electrons. The second-order valence-electron chi connectivity index (χ2n) is 6.66. The van der Waals surface area contributed by atoms with Gasteiger partial charge in [-0.3, -0.25) is 4.98 Å². The Hall–Kier alpha value is -1.97. The Morgan fingerprint density at radius 2 is 1.97 bits per heavy atom. The van der Waals surface area contributed by atoms with Gasteiger partial charge in [0.05, 0.1) is 6.54 Å². The highest BCUT2D eigenvalue weighted by Gasteiger charge is 2.39. The summed E-state index contributed by atoms with van der Waals surface area (Å²) < 4.78 is 29.3. The lowest BCUT2D eigenvalue weighted by atomic mass is 9.90. The van der Waals surface area contributed by atoms with Crippen molar-refractivity contribution < 1.29 is 13.9 Å². The average Bonchev–Trinajstić information content (AvgIpc) is 3.21. The van der Waals surface area contributed by atoms with Crippen molar-refractivity contribution in [3.05, 3.63) is 78.1 Å². The Balaban J connectivity index is 1.65. The van der Waals surface area contributed by atoms with E-state index in [0.717, 1.165) is 30.7 Å². The highest BCUT2D eigenvalue weighted by Crippen LogP contribution is 2.41. The smallest absolute Gasteiger partial charge is 0.137 e. The predicted molar refractivity (Wildman–Crippen MR) is 112 cm³/mol. The van der Waals surface area contributed by atoms with Gasteiger partial charge in [-0.25, -0.2) is 18.4 Å². The van der Waals surface area contributed by atoms with Crippen LogP contribution in [0.1, 0.15) is 24.5 Å². The summed E-state index contributed by atoms with van der Waals surface area (Å²) in [6.45, 7) is 1.85. The van der Waals surface area contributed by atoms with Crippen LogP contribution in [0.25, 0.3) is 0 Å². The molecule has 2 heterocycles. The quantitative estimate of drug-likeness (QED) is 0.379. The summed E-state index contributed by atoms with van der Waals surface area (Å²) in [5, 5.41) is 15.1. The van der Waals surface area contributed by atoms with Crippen LogP contribution in [0.3, 0.4) is 0 Å². The Morgan fingerprint density at radius 1 is 1.17 bits per heavy atom. The number of hydrogen-bond acceptors (Lipinski definition) is 6. The summed E-state index contributed by atoms with van der Waals surface area (Å²) in [5.74, 6) is -0.578. The number of halogens is 2. The summed E-state index contributed by atoms with van der Waals surface area (Å²) in [6, 6.07) is 7.24. The molecule has 154 valence electrons. The molecule has 5 nitrogen and oxygen atoms in total. The van der Waals surface area contributed by atoms with E-state index in [2.05, 4.69) is 15.1 Å². The zero-order valence-corrected chi connectivity index (χ0v) is 17.5. The van der Waals surface area contributed by atoms with Crippen molar-refractivity contribution in [1.82, 2.24) is 19.7 Å². The number of hydrogen-bond donors (Lipinski definition) is 1. The maximum atomic E-state index is 14.5. The van der Waals surface area contributed by atoms with Crippen LogP contribution in [-0.4, -0.2) is 35.9 Å². The highest BCUT2D eigenvalue weighted by atomic mass is 33.1. The lowest BCUT2D eigenvalue weighted by Gasteiger charge is -2.34. The zero-order chi connectivity index (χ0) is 20.7. The number of nitrogens with zero attached hydrogens (tertiary/aromatic N) is 4. The van der Waals surface area contributed by atoms with E-state index in [1.807, 2.05) is 19.1 Å². The molecule has 2 aromatic heterocycles. The molecule has 0 aliphatic heterocycles. The maximum absolute atomic E-state index is 14.5. The second-order valence-corrected chi connectivity index (χ2v) is 9.49. The summed E-state index contributed by atoms with van der Waals surface area (Å²) >= 11 is 0. The molecule has 0 saturated heterocycles. The van der Waals surface area contributed by atoms with Gasteiger partial charge in [0.15, 0.2) is 0 Å². The van der Waals surface area contributed by atoms with Gasteiger partial charge in [0, 0.05) is 35.0 Å². The van der Waals surface area contributed by atoms with E-state index in [4.69, 9.17) is 0 Å². The first kappa shape index (κ1) is 21.7. The van der Waals surface area contributed by atoms with Crippen molar-refractivity contribution in [1.29, 1.82) is 0 Å². The third-order valence-electron chi connectivity index (χ3n) is 4.59. The van der Waals surface area contributed by atoms with Crippen molar-refractivity contribution in [2.75, 3.05) is 5.75 Å². The SMILES string of the molecule is C[C@@H](SSCCCc1ccncc1)[C@](O)(Cn1cncn1)c1ccc(F)cc1F. The van der Waals surface area contributed by atoms with Crippen molar-refractivity contribution in [3.63, 3.8) is 0 Å². The lowest BCUT2D eigenvalue weighted by Crippen LogP contribution is -2.41. The Labute approximate surface area is 176 Å². The standard InChI is InChI=1S/C20H22F2N4OS2/c1-15(29-28-10-2-3-16-6-8-23-9-7-16)20(27,12-26-14-24-13-25-26)18-5-4-17(21)11-19(18)22/h4-9,11,13-15,27H,2-3,10,12H2,1H3/t15-,20-/m1/s1. The van der Waals surface area contributed by atoms with Gasteiger partial charge in [-0.2, -0.15) is 5.10 Å². The molecule has 9 heteroatoms. The molecule has 0 amide bonds. The van der Waals surface area contributed by atoms with Crippen molar-refractivity contribution in [2.45, 2.75) is 37.2 Å². The van der Waals surface area contributed by atoms with Gasteiger partial charge in [-0.1, -0.05) is 27.7 Å². The molecule has 2 atom stereocenters. The van der Waals surface area contributed by atoms with Gasteiger partial charge >= 0.3 is 0 Å². The van der Waals surface area contributed by atoms with Gasteiger partial charge in [0.25, 0.3) is 0 Å². The first-order valence-corrected chi connectivity index (χ1v) is 11.5. The predicted octanol–water partition coefficient (Wildman–Crippen LogP) is 4.24. The third kappa shape index (κ3) is 5.77. The molecule has 0 aliphatic rings. The molecule has 0 aliphatic carbocycles. The van der Waals surface area contributed by atoms with E-state index in [-0.39, 0.29) is 17.4 Å². The molecule has 0 fully saturated rings. The first-order chi connectivity index (χ1) is 14.0. The fraction of sp³-hybridized carbons (Fsp3) is 0.350. The zero-order valence-electron chi connectivity index (χ0n) is 15.9. The molecule has 0 unspecified atom stereocenters. The van der Waals surface area contributed by atoms with Crippen molar-refractivity contribution in [2.24, 2.45) is 0 Å². The summed E-state index contributed by atoms with van der Waals surface area (Å²) in [4.78, 5) is 7.89. The molecule has 29 heavy (non-hydrogen) atoms. The Kier molecular flexibility index (Phi) is 7.63. The molecule has 1 aromatic carbocycles. The van der Waals surface area contributed by atoms with Crippen LogP contribution < -0.4 is 0 Å². The van der Waals surface area contributed by atoms with Crippen LogP contribution >= 0.6 is 21.6 Å². The van der Waals surface area contributed by atoms with Gasteiger partial charge < -0.3 is 5.11 Å². The van der Waals surface area contributed by atoms with Crippen molar-refractivity contribution in [3.8, 4) is 0 Å². The van der Waals surface area contributed by atoms with Crippen LogP contribution in [0.2, 0.25) is 0 Å². The van der Waals surface area contributed by atoms with E-state index >= 15 is 0 Å². The molecule has 0 saturated carbocycles. The summed E-state index contributed by atoms with van der Waals surface area (Å²) in [6.07, 6.45) is 8.29. The third-order valence-corrected chi connectivity index (χ3v) is 7.64. The second kappa shape index (κ2) is 10.2. The van der Waals surface area contributed by atoms with Crippen LogP contribution in [0, 0.1) is 11.6 Å². The van der Waals surface area contributed by atoms with E-state index in [0.29, 0.717) is 0 Å². The van der Waals surface area contributed by atoms with E-state index in [1.54, 1.807) is 23.2 Å². The van der Waals surface area contributed by atoms with Gasteiger partial charge in [0.2, 0.25) is 0 Å². The minimum atomic E-state index is -1.58. The molecular weight excluding hydrogens is 414 g/mol. The van der Waals surface area contributed by atoms with E-state index in [9.17, 15) is 13.9 Å². The van der Waals surface area contributed by atoms with Crippen LogP contribution in [0.4, 0.5) is 8.78 Å². The molecular formula is C20H22F2N4OS2. The van der Waals surface area contributed by atoms with Gasteiger partial charge in [-0.15, -0.1) is 0 Å². The lowest BCUT2D eigenvalue weighted by molar-refractivity contribution is 0.0137. The molecule has 0 spiro atoms. The van der Waals surface area contributed by atoms with E-state index in [1.165, 1.54) is 39.8 Å². The normalized spacial score (nSPS) is 14.5. The number of pyridine rings is 1. The fourth-order valence-corrected chi connectivity index (χ4v) is 5.60. The average molecular weight is 437 g/mol. The Morgan fingerprint density at radius 3 is 2.66 bits per heavy atom. The minimum Gasteiger partial charge on any atom is -0.382 e. The molecule has 3 rings (SSSR count). The fourth-order valence-electron chi connectivity index (χ4n) is 2.95. The van der Waals surface area contributed by atoms with Crippen molar-refractivity contribution >= 4 is 21.6 Å². The van der Waals surface area contributed by atoms with Gasteiger partial charge in [-0.05, 0) is 43.5 Å². The van der Waals surface area contributed by atoms with E-state index < -0.39 is 17.2 Å². The molecule has 3 aromatic rings. The molecule has 0 bridgehead atoms.